The number of para-hydroxylation sites is 1. The molecule has 2 fully saturated rings. The van der Waals surface area contributed by atoms with Gasteiger partial charge in [0.25, 0.3) is 10.2 Å². The van der Waals surface area contributed by atoms with Gasteiger partial charge in [0.05, 0.1) is 0 Å². The Morgan fingerprint density at radius 3 is 2.31 bits per heavy atom. The minimum Gasteiger partial charge on any atom is -0.330 e. The summed E-state index contributed by atoms with van der Waals surface area (Å²) in [6.07, 6.45) is 2.28. The lowest BCUT2D eigenvalue weighted by Crippen LogP contribution is -2.49. The van der Waals surface area contributed by atoms with Crippen molar-refractivity contribution in [1.82, 2.24) is 9.21 Å². The minimum absolute atomic E-state index is 0.0650. The highest BCUT2D eigenvalue weighted by atomic mass is 32.2. The van der Waals surface area contributed by atoms with E-state index in [1.54, 1.807) is 4.90 Å². The molecule has 1 aromatic carbocycles. The smallest absolute Gasteiger partial charge is 0.276 e. The third kappa shape index (κ3) is 4.22. The molecular weight excluding hydrogens is 356 g/mol. The van der Waals surface area contributed by atoms with Gasteiger partial charge in [-0.1, -0.05) is 18.2 Å². The highest BCUT2D eigenvalue weighted by Crippen LogP contribution is 2.26. The standard InChI is InChI=1S/C17H24N4O4S/c18-26(24,25)20-11-8-13(9-12-20)17(23)21-10-4-7-15(21)16(22)19-14-5-2-1-3-6-14/h1-3,5-6,13,15H,4,7-12H2,(H,19,22)(H2,18,24,25). The molecule has 0 aromatic heterocycles. The third-order valence-electron chi connectivity index (χ3n) is 5.04. The number of piperidine rings is 1. The molecule has 3 rings (SSSR count). The molecule has 0 spiro atoms. The lowest BCUT2D eigenvalue weighted by atomic mass is 9.96. The van der Waals surface area contributed by atoms with Crippen LogP contribution in [0, 0.1) is 5.92 Å². The van der Waals surface area contributed by atoms with Gasteiger partial charge in [0, 0.05) is 31.2 Å². The Kier molecular flexibility index (Phi) is 5.59. The van der Waals surface area contributed by atoms with Crippen LogP contribution in [0.4, 0.5) is 5.69 Å². The molecule has 26 heavy (non-hydrogen) atoms. The summed E-state index contributed by atoms with van der Waals surface area (Å²) >= 11 is 0. The van der Waals surface area contributed by atoms with Crippen molar-refractivity contribution < 1.29 is 18.0 Å². The predicted molar refractivity (Wildman–Crippen MR) is 97.2 cm³/mol. The zero-order valence-corrected chi connectivity index (χ0v) is 15.3. The van der Waals surface area contributed by atoms with Crippen LogP contribution < -0.4 is 10.5 Å². The molecule has 9 heteroatoms. The van der Waals surface area contributed by atoms with Gasteiger partial charge in [-0.3, -0.25) is 9.59 Å². The summed E-state index contributed by atoms with van der Waals surface area (Å²) in [5, 5.41) is 8.00. The molecule has 2 saturated heterocycles. The summed E-state index contributed by atoms with van der Waals surface area (Å²) in [5.41, 5.74) is 0.707. The molecule has 0 saturated carbocycles. The molecule has 0 bridgehead atoms. The molecule has 2 heterocycles. The summed E-state index contributed by atoms with van der Waals surface area (Å²) in [6, 6.07) is 8.69. The first-order valence-electron chi connectivity index (χ1n) is 8.80. The van der Waals surface area contributed by atoms with E-state index in [-0.39, 0.29) is 30.8 Å². The zero-order valence-electron chi connectivity index (χ0n) is 14.5. The van der Waals surface area contributed by atoms with E-state index in [1.165, 1.54) is 4.31 Å². The molecule has 8 nitrogen and oxygen atoms in total. The van der Waals surface area contributed by atoms with E-state index in [0.717, 1.165) is 6.42 Å². The van der Waals surface area contributed by atoms with Crippen LogP contribution in [0.5, 0.6) is 0 Å². The fourth-order valence-corrected chi connectivity index (χ4v) is 4.36. The number of hydrogen-bond acceptors (Lipinski definition) is 4. The van der Waals surface area contributed by atoms with Crippen LogP contribution in [0.25, 0.3) is 0 Å². The number of anilines is 1. The number of rotatable bonds is 4. The summed E-state index contributed by atoms with van der Waals surface area (Å²) in [4.78, 5) is 27.1. The Morgan fingerprint density at radius 2 is 1.69 bits per heavy atom. The van der Waals surface area contributed by atoms with Gasteiger partial charge in [-0.05, 0) is 37.8 Å². The van der Waals surface area contributed by atoms with E-state index in [2.05, 4.69) is 5.32 Å². The van der Waals surface area contributed by atoms with Crippen molar-refractivity contribution >= 4 is 27.7 Å². The highest BCUT2D eigenvalue weighted by Gasteiger charge is 2.38. The molecule has 2 aliphatic heterocycles. The van der Waals surface area contributed by atoms with Gasteiger partial charge >= 0.3 is 0 Å². The van der Waals surface area contributed by atoms with Gasteiger partial charge in [-0.25, -0.2) is 5.14 Å². The van der Waals surface area contributed by atoms with Crippen LogP contribution in [0.2, 0.25) is 0 Å². The highest BCUT2D eigenvalue weighted by molar-refractivity contribution is 7.86. The Hall–Kier alpha value is -1.97. The third-order valence-corrected chi connectivity index (χ3v) is 6.13. The van der Waals surface area contributed by atoms with E-state index in [9.17, 15) is 18.0 Å². The Labute approximate surface area is 153 Å². The normalized spacial score (nSPS) is 22.3. The first-order valence-corrected chi connectivity index (χ1v) is 10.3. The number of carbonyl (C=O) groups excluding carboxylic acids is 2. The molecule has 1 unspecified atom stereocenters. The van der Waals surface area contributed by atoms with Crippen LogP contribution >= 0.6 is 0 Å². The molecular formula is C17H24N4O4S. The lowest BCUT2D eigenvalue weighted by molar-refractivity contribution is -0.141. The number of carbonyl (C=O) groups is 2. The van der Waals surface area contributed by atoms with Crippen molar-refractivity contribution in [3.63, 3.8) is 0 Å². The van der Waals surface area contributed by atoms with Crippen LogP contribution in [0.15, 0.2) is 30.3 Å². The monoisotopic (exact) mass is 380 g/mol. The van der Waals surface area contributed by atoms with Crippen molar-refractivity contribution in [2.24, 2.45) is 11.1 Å². The Morgan fingerprint density at radius 1 is 1.04 bits per heavy atom. The van der Waals surface area contributed by atoms with Crippen molar-refractivity contribution in [2.75, 3.05) is 25.0 Å². The van der Waals surface area contributed by atoms with E-state index >= 15 is 0 Å². The maximum Gasteiger partial charge on any atom is 0.276 e. The number of nitrogens with two attached hydrogens (primary N) is 1. The van der Waals surface area contributed by atoms with E-state index in [0.29, 0.717) is 31.5 Å². The average Bonchev–Trinajstić information content (AvgIpc) is 3.11. The number of likely N-dealkylation sites (tertiary alicyclic amines) is 1. The van der Waals surface area contributed by atoms with Crippen molar-refractivity contribution in [2.45, 2.75) is 31.7 Å². The van der Waals surface area contributed by atoms with Gasteiger partial charge in [0.1, 0.15) is 6.04 Å². The number of nitrogens with one attached hydrogen (secondary N) is 1. The molecule has 0 aliphatic carbocycles. The average molecular weight is 380 g/mol. The number of nitrogens with zero attached hydrogens (tertiary/aromatic N) is 2. The van der Waals surface area contributed by atoms with Crippen molar-refractivity contribution in [3.05, 3.63) is 30.3 Å². The van der Waals surface area contributed by atoms with Crippen LogP contribution in [-0.2, 0) is 19.8 Å². The molecule has 142 valence electrons. The van der Waals surface area contributed by atoms with Crippen LogP contribution in [0.1, 0.15) is 25.7 Å². The summed E-state index contributed by atoms with van der Waals surface area (Å²) in [7, 11) is -3.71. The maximum absolute atomic E-state index is 12.9. The second-order valence-corrected chi connectivity index (χ2v) is 8.31. The van der Waals surface area contributed by atoms with E-state index in [4.69, 9.17) is 5.14 Å². The molecule has 3 N–H and O–H groups in total. The number of benzene rings is 1. The largest absolute Gasteiger partial charge is 0.330 e. The Balaban J connectivity index is 1.61. The Bertz CT molecular complexity index is 760. The predicted octanol–water partition coefficient (Wildman–Crippen LogP) is 0.532. The topological polar surface area (TPSA) is 113 Å². The molecule has 1 aromatic rings. The second kappa shape index (κ2) is 7.73. The molecule has 2 aliphatic rings. The summed E-state index contributed by atoms with van der Waals surface area (Å²) < 4.78 is 24.0. The van der Waals surface area contributed by atoms with Crippen LogP contribution in [-0.4, -0.2) is 55.1 Å². The van der Waals surface area contributed by atoms with E-state index < -0.39 is 16.3 Å². The fourth-order valence-electron chi connectivity index (χ4n) is 3.64. The van der Waals surface area contributed by atoms with Gasteiger partial charge in [0.15, 0.2) is 0 Å². The van der Waals surface area contributed by atoms with Gasteiger partial charge in [-0.2, -0.15) is 12.7 Å². The number of hydrogen-bond donors (Lipinski definition) is 2. The van der Waals surface area contributed by atoms with Gasteiger partial charge in [-0.15, -0.1) is 0 Å². The SMILES string of the molecule is NS(=O)(=O)N1CCC(C(=O)N2CCCC2C(=O)Nc2ccccc2)CC1. The lowest BCUT2D eigenvalue weighted by Gasteiger charge is -2.33. The zero-order chi connectivity index (χ0) is 18.7. The molecule has 0 radical (unpaired) electrons. The summed E-state index contributed by atoms with van der Waals surface area (Å²) in [6.45, 7) is 1.04. The van der Waals surface area contributed by atoms with Crippen LogP contribution in [0.3, 0.4) is 0 Å². The first-order chi connectivity index (χ1) is 12.4. The van der Waals surface area contributed by atoms with Gasteiger partial charge in [0.2, 0.25) is 11.8 Å². The second-order valence-electron chi connectivity index (χ2n) is 6.76. The minimum atomic E-state index is -3.71. The quantitative estimate of drug-likeness (QED) is 0.793. The molecule has 1 atom stereocenters. The first kappa shape index (κ1) is 18.8. The van der Waals surface area contributed by atoms with Crippen molar-refractivity contribution in [3.8, 4) is 0 Å². The maximum atomic E-state index is 12.9. The molecule has 2 amide bonds. The summed E-state index contributed by atoms with van der Waals surface area (Å²) in [5.74, 6) is -0.507. The van der Waals surface area contributed by atoms with E-state index in [1.807, 2.05) is 30.3 Å². The fraction of sp³-hybridized carbons (Fsp3) is 0.529. The van der Waals surface area contributed by atoms with Gasteiger partial charge < -0.3 is 10.2 Å². The van der Waals surface area contributed by atoms with Crippen molar-refractivity contribution in [1.29, 1.82) is 0 Å². The number of amides is 2.